The van der Waals surface area contributed by atoms with Crippen LogP contribution < -0.4 is 10.3 Å². The lowest BCUT2D eigenvalue weighted by atomic mass is 9.95. The number of fused-ring (bicyclic) bond motifs is 1. The van der Waals surface area contributed by atoms with Gasteiger partial charge in [-0.2, -0.15) is 0 Å². The van der Waals surface area contributed by atoms with Crippen molar-refractivity contribution in [3.8, 4) is 5.75 Å². The van der Waals surface area contributed by atoms with Crippen molar-refractivity contribution in [2.75, 3.05) is 20.2 Å². The van der Waals surface area contributed by atoms with E-state index in [1.54, 1.807) is 7.11 Å². The minimum Gasteiger partial charge on any atom is -0.497 e. The Kier molecular flexibility index (Phi) is 6.38. The highest BCUT2D eigenvalue weighted by Crippen LogP contribution is 2.31. The first-order valence-electron chi connectivity index (χ1n) is 12.2. The van der Waals surface area contributed by atoms with Gasteiger partial charge in [-0.05, 0) is 102 Å². The third-order valence-electron chi connectivity index (χ3n) is 7.13. The lowest BCUT2D eigenvalue weighted by Crippen LogP contribution is -2.41. The quantitative estimate of drug-likeness (QED) is 0.456. The standard InChI is InChI=1S/C27H32N6O2/c1-17-6-5-11-32(15-17)25(23-14-21-12-18(2)19(3)13-24(21)28-27(23)34)26-29-30-31-33(26)16-20-7-9-22(35-4)10-8-20/h7-10,12-14,17,25H,5-6,11,15-16H2,1-4H3,(H,28,34)/t17-,25+/m1/s1. The van der Waals surface area contributed by atoms with Crippen LogP contribution in [0.1, 0.15) is 53.9 Å². The maximum Gasteiger partial charge on any atom is 0.253 e. The van der Waals surface area contributed by atoms with Gasteiger partial charge in [0.05, 0.1) is 13.7 Å². The number of hydrogen-bond donors (Lipinski definition) is 1. The van der Waals surface area contributed by atoms with E-state index in [-0.39, 0.29) is 11.6 Å². The average molecular weight is 473 g/mol. The molecule has 35 heavy (non-hydrogen) atoms. The Balaban J connectivity index is 1.60. The van der Waals surface area contributed by atoms with Crippen molar-refractivity contribution in [3.05, 3.63) is 80.9 Å². The molecule has 3 heterocycles. The lowest BCUT2D eigenvalue weighted by molar-refractivity contribution is 0.141. The van der Waals surface area contributed by atoms with Gasteiger partial charge in [0, 0.05) is 17.6 Å². The second kappa shape index (κ2) is 9.62. The molecule has 1 N–H and O–H groups in total. The van der Waals surface area contributed by atoms with Crippen LogP contribution in [0.2, 0.25) is 0 Å². The zero-order chi connectivity index (χ0) is 24.5. The van der Waals surface area contributed by atoms with Crippen LogP contribution in [-0.4, -0.2) is 50.3 Å². The lowest BCUT2D eigenvalue weighted by Gasteiger charge is -2.36. The Morgan fingerprint density at radius 3 is 2.66 bits per heavy atom. The smallest absolute Gasteiger partial charge is 0.253 e. The Morgan fingerprint density at radius 1 is 1.14 bits per heavy atom. The van der Waals surface area contributed by atoms with Gasteiger partial charge in [0.25, 0.3) is 5.56 Å². The Labute approximate surface area is 204 Å². The summed E-state index contributed by atoms with van der Waals surface area (Å²) in [6.07, 6.45) is 2.27. The molecule has 2 aromatic heterocycles. The number of rotatable bonds is 6. The number of nitrogens with zero attached hydrogens (tertiary/aromatic N) is 5. The molecular weight excluding hydrogens is 440 g/mol. The number of tetrazole rings is 1. The van der Waals surface area contributed by atoms with Crippen molar-refractivity contribution in [1.82, 2.24) is 30.1 Å². The molecule has 1 aliphatic rings. The fourth-order valence-corrected chi connectivity index (χ4v) is 5.08. The minimum atomic E-state index is -0.333. The largest absolute Gasteiger partial charge is 0.497 e. The molecule has 5 rings (SSSR count). The monoisotopic (exact) mass is 472 g/mol. The molecule has 2 atom stereocenters. The number of likely N-dealkylation sites (tertiary alicyclic amines) is 1. The van der Waals surface area contributed by atoms with Crippen LogP contribution in [0.3, 0.4) is 0 Å². The Morgan fingerprint density at radius 2 is 1.91 bits per heavy atom. The van der Waals surface area contributed by atoms with Gasteiger partial charge in [0.15, 0.2) is 5.82 Å². The van der Waals surface area contributed by atoms with Gasteiger partial charge in [-0.3, -0.25) is 9.69 Å². The summed E-state index contributed by atoms with van der Waals surface area (Å²) in [5.74, 6) is 2.03. The van der Waals surface area contributed by atoms with E-state index in [0.29, 0.717) is 23.9 Å². The zero-order valence-corrected chi connectivity index (χ0v) is 20.8. The highest BCUT2D eigenvalue weighted by molar-refractivity contribution is 5.81. The summed E-state index contributed by atoms with van der Waals surface area (Å²) < 4.78 is 7.10. The van der Waals surface area contributed by atoms with Gasteiger partial charge in [0.1, 0.15) is 11.8 Å². The summed E-state index contributed by atoms with van der Waals surface area (Å²) >= 11 is 0. The second-order valence-corrected chi connectivity index (χ2v) is 9.77. The maximum atomic E-state index is 13.5. The van der Waals surface area contributed by atoms with Crippen molar-refractivity contribution in [2.45, 2.75) is 46.2 Å². The molecule has 2 aromatic carbocycles. The molecule has 1 saturated heterocycles. The Bertz CT molecular complexity index is 1390. The predicted molar refractivity (Wildman–Crippen MR) is 136 cm³/mol. The van der Waals surface area contributed by atoms with Gasteiger partial charge < -0.3 is 9.72 Å². The maximum absolute atomic E-state index is 13.5. The molecule has 182 valence electrons. The summed E-state index contributed by atoms with van der Waals surface area (Å²) in [4.78, 5) is 18.9. The van der Waals surface area contributed by atoms with Crippen LogP contribution in [0.4, 0.5) is 0 Å². The van der Waals surface area contributed by atoms with Crippen molar-refractivity contribution in [3.63, 3.8) is 0 Å². The van der Waals surface area contributed by atoms with Crippen molar-refractivity contribution in [2.24, 2.45) is 5.92 Å². The van der Waals surface area contributed by atoms with Crippen LogP contribution in [0, 0.1) is 19.8 Å². The first kappa shape index (κ1) is 23.2. The van der Waals surface area contributed by atoms with Gasteiger partial charge in [-0.25, -0.2) is 4.68 Å². The van der Waals surface area contributed by atoms with Gasteiger partial charge in [0.2, 0.25) is 0 Å². The van der Waals surface area contributed by atoms with E-state index in [1.165, 1.54) is 12.0 Å². The molecule has 0 radical (unpaired) electrons. The van der Waals surface area contributed by atoms with Gasteiger partial charge >= 0.3 is 0 Å². The normalized spacial score (nSPS) is 17.5. The van der Waals surface area contributed by atoms with Crippen molar-refractivity contribution in [1.29, 1.82) is 0 Å². The van der Waals surface area contributed by atoms with E-state index in [9.17, 15) is 4.79 Å². The highest BCUT2D eigenvalue weighted by atomic mass is 16.5. The minimum absolute atomic E-state index is 0.0945. The molecule has 8 heteroatoms. The summed E-state index contributed by atoms with van der Waals surface area (Å²) in [6.45, 7) is 8.72. The first-order valence-corrected chi connectivity index (χ1v) is 12.2. The number of benzene rings is 2. The van der Waals surface area contributed by atoms with Crippen LogP contribution in [0.15, 0.2) is 47.3 Å². The van der Waals surface area contributed by atoms with Gasteiger partial charge in [-0.15, -0.1) is 5.10 Å². The van der Waals surface area contributed by atoms with Crippen LogP contribution in [-0.2, 0) is 6.54 Å². The second-order valence-electron chi connectivity index (χ2n) is 9.77. The molecule has 0 amide bonds. The molecule has 1 aliphatic heterocycles. The fraction of sp³-hybridized carbons (Fsp3) is 0.407. The molecule has 1 fully saturated rings. The van der Waals surface area contributed by atoms with E-state index < -0.39 is 0 Å². The van der Waals surface area contributed by atoms with Crippen molar-refractivity contribution >= 4 is 10.9 Å². The van der Waals surface area contributed by atoms with Crippen molar-refractivity contribution < 1.29 is 4.74 Å². The number of aryl methyl sites for hydroxylation is 2. The topological polar surface area (TPSA) is 88.9 Å². The number of methoxy groups -OCH3 is 1. The predicted octanol–water partition coefficient (Wildman–Crippen LogP) is 4.01. The molecule has 0 spiro atoms. The highest BCUT2D eigenvalue weighted by Gasteiger charge is 2.32. The van der Waals surface area contributed by atoms with E-state index in [0.717, 1.165) is 47.3 Å². The summed E-state index contributed by atoms with van der Waals surface area (Å²) in [5, 5.41) is 13.8. The van der Waals surface area contributed by atoms with Crippen LogP contribution >= 0.6 is 0 Å². The van der Waals surface area contributed by atoms with E-state index >= 15 is 0 Å². The molecular formula is C27H32N6O2. The number of nitrogens with one attached hydrogen (secondary N) is 1. The first-order chi connectivity index (χ1) is 16.9. The number of ether oxygens (including phenoxy) is 1. The molecule has 4 aromatic rings. The number of piperidine rings is 1. The zero-order valence-electron chi connectivity index (χ0n) is 20.8. The molecule has 8 nitrogen and oxygen atoms in total. The number of aromatic nitrogens is 5. The van der Waals surface area contributed by atoms with E-state index in [2.05, 4.69) is 52.2 Å². The van der Waals surface area contributed by atoms with Crippen LogP contribution in [0.25, 0.3) is 10.9 Å². The van der Waals surface area contributed by atoms with Gasteiger partial charge in [-0.1, -0.05) is 19.1 Å². The Hall–Kier alpha value is -3.52. The number of H-pyrrole nitrogens is 1. The third-order valence-corrected chi connectivity index (χ3v) is 7.13. The summed E-state index contributed by atoms with van der Waals surface area (Å²) in [6, 6.07) is 13.8. The number of pyridine rings is 1. The number of aromatic amines is 1. The third kappa shape index (κ3) is 4.71. The average Bonchev–Trinajstić information content (AvgIpc) is 3.29. The molecule has 0 bridgehead atoms. The van der Waals surface area contributed by atoms with E-state index in [1.807, 2.05) is 41.1 Å². The fourth-order valence-electron chi connectivity index (χ4n) is 5.08. The summed E-state index contributed by atoms with van der Waals surface area (Å²) in [7, 11) is 1.66. The van der Waals surface area contributed by atoms with Crippen LogP contribution in [0.5, 0.6) is 5.75 Å². The molecule has 0 aliphatic carbocycles. The van der Waals surface area contributed by atoms with E-state index in [4.69, 9.17) is 4.74 Å². The SMILES string of the molecule is COc1ccc(Cn2nnnc2[C@H](c2cc3cc(C)c(C)cc3[nH]c2=O)N2CCC[C@@H](C)C2)cc1. The molecule has 0 saturated carbocycles. The summed E-state index contributed by atoms with van der Waals surface area (Å²) in [5.41, 5.74) is 4.85. The molecule has 0 unspecified atom stereocenters. The number of hydrogen-bond acceptors (Lipinski definition) is 6.